The molecule has 1 aromatic rings. The number of rotatable bonds is 6. The summed E-state index contributed by atoms with van der Waals surface area (Å²) in [7, 11) is 0. The fourth-order valence-corrected chi connectivity index (χ4v) is 5.01. The van der Waals surface area contributed by atoms with Gasteiger partial charge in [0, 0.05) is 43.1 Å². The molecule has 1 aliphatic carbocycles. The van der Waals surface area contributed by atoms with Gasteiger partial charge in [-0.15, -0.1) is 0 Å². The third-order valence-corrected chi connectivity index (χ3v) is 6.45. The number of ketones is 1. The Morgan fingerprint density at radius 3 is 2.64 bits per heavy atom. The minimum atomic E-state index is 0.0396. The highest BCUT2D eigenvalue weighted by atomic mass is 16.2. The van der Waals surface area contributed by atoms with E-state index in [0.29, 0.717) is 25.2 Å². The standard InChI is InChI=1S/C22H32N4O2/c1-16(27)13-26-19-10-11-20(26)15-25(14-19)22(28)23-12-4-6-18-9-8-17-5-2-3-7-21(17)24-18/h8-9,19-20H,2-7,10-15H2,1H3,(H,23,28). The number of piperazine rings is 1. The number of pyridine rings is 1. The molecule has 6 heteroatoms. The molecule has 2 saturated heterocycles. The molecule has 2 fully saturated rings. The predicted octanol–water partition coefficient (Wildman–Crippen LogP) is 2.34. The summed E-state index contributed by atoms with van der Waals surface area (Å²) in [6.07, 6.45) is 8.81. The molecule has 3 heterocycles. The van der Waals surface area contributed by atoms with Crippen molar-refractivity contribution in [3.05, 3.63) is 29.1 Å². The fourth-order valence-electron chi connectivity index (χ4n) is 5.01. The van der Waals surface area contributed by atoms with E-state index in [4.69, 9.17) is 4.98 Å². The molecular formula is C22H32N4O2. The molecule has 0 aromatic carbocycles. The summed E-state index contributed by atoms with van der Waals surface area (Å²) in [5.41, 5.74) is 3.85. The highest BCUT2D eigenvalue weighted by molar-refractivity contribution is 5.78. The molecule has 152 valence electrons. The number of hydrogen-bond donors (Lipinski definition) is 1. The summed E-state index contributed by atoms with van der Waals surface area (Å²) in [5, 5.41) is 3.08. The Morgan fingerprint density at radius 2 is 1.89 bits per heavy atom. The Balaban J connectivity index is 1.21. The Labute approximate surface area is 167 Å². The molecule has 2 atom stereocenters. The smallest absolute Gasteiger partial charge is 0.317 e. The van der Waals surface area contributed by atoms with Crippen LogP contribution in [0.4, 0.5) is 4.79 Å². The number of carbonyl (C=O) groups is 2. The second-order valence-electron chi connectivity index (χ2n) is 8.62. The topological polar surface area (TPSA) is 65.5 Å². The zero-order chi connectivity index (χ0) is 19.5. The van der Waals surface area contributed by atoms with Crippen LogP contribution >= 0.6 is 0 Å². The van der Waals surface area contributed by atoms with Gasteiger partial charge in [0.2, 0.25) is 0 Å². The molecule has 0 radical (unpaired) electrons. The molecule has 3 aliphatic rings. The number of nitrogens with zero attached hydrogens (tertiary/aromatic N) is 3. The first-order chi connectivity index (χ1) is 13.6. The van der Waals surface area contributed by atoms with Gasteiger partial charge in [-0.2, -0.15) is 0 Å². The first-order valence-electron chi connectivity index (χ1n) is 10.9. The van der Waals surface area contributed by atoms with E-state index < -0.39 is 0 Å². The average molecular weight is 385 g/mol. The van der Waals surface area contributed by atoms with Crippen LogP contribution < -0.4 is 5.32 Å². The molecule has 28 heavy (non-hydrogen) atoms. The number of carbonyl (C=O) groups excluding carboxylic acids is 2. The van der Waals surface area contributed by atoms with Crippen LogP contribution in [0.15, 0.2) is 12.1 Å². The van der Waals surface area contributed by atoms with E-state index in [2.05, 4.69) is 22.3 Å². The number of aromatic nitrogens is 1. The molecule has 6 nitrogen and oxygen atoms in total. The fraction of sp³-hybridized carbons (Fsp3) is 0.682. The number of nitrogens with one attached hydrogen (secondary N) is 1. The number of amides is 2. The predicted molar refractivity (Wildman–Crippen MR) is 108 cm³/mol. The molecule has 1 N–H and O–H groups in total. The number of likely N-dealkylation sites (tertiary alicyclic amines) is 1. The van der Waals surface area contributed by atoms with Crippen molar-refractivity contribution < 1.29 is 9.59 Å². The number of fused-ring (bicyclic) bond motifs is 3. The second-order valence-corrected chi connectivity index (χ2v) is 8.62. The first kappa shape index (κ1) is 19.4. The highest BCUT2D eigenvalue weighted by Crippen LogP contribution is 2.29. The SMILES string of the molecule is CC(=O)CN1C2CCC1CN(C(=O)NCCCc1ccc3c(n1)CCCC3)C2. The van der Waals surface area contributed by atoms with E-state index in [1.807, 2.05) is 4.90 Å². The maximum Gasteiger partial charge on any atom is 0.317 e. The summed E-state index contributed by atoms with van der Waals surface area (Å²) in [6.45, 7) is 4.33. The minimum absolute atomic E-state index is 0.0396. The van der Waals surface area contributed by atoms with Crippen LogP contribution in [0.3, 0.4) is 0 Å². The van der Waals surface area contributed by atoms with Gasteiger partial charge in [-0.05, 0) is 69.9 Å². The quantitative estimate of drug-likeness (QED) is 0.765. The van der Waals surface area contributed by atoms with Crippen LogP contribution in [0.2, 0.25) is 0 Å². The van der Waals surface area contributed by atoms with Gasteiger partial charge in [0.05, 0.1) is 6.54 Å². The lowest BCUT2D eigenvalue weighted by Gasteiger charge is -2.40. The molecule has 0 saturated carbocycles. The van der Waals surface area contributed by atoms with Crippen LogP contribution in [-0.4, -0.2) is 64.9 Å². The van der Waals surface area contributed by atoms with Crippen LogP contribution in [0.5, 0.6) is 0 Å². The summed E-state index contributed by atoms with van der Waals surface area (Å²) in [5.74, 6) is 0.214. The van der Waals surface area contributed by atoms with Gasteiger partial charge in [-0.3, -0.25) is 14.7 Å². The van der Waals surface area contributed by atoms with Crippen LogP contribution in [0.1, 0.15) is 56.0 Å². The lowest BCUT2D eigenvalue weighted by atomic mass is 9.95. The van der Waals surface area contributed by atoms with Crippen molar-refractivity contribution >= 4 is 11.8 Å². The Kier molecular flexibility index (Phi) is 5.95. The minimum Gasteiger partial charge on any atom is -0.338 e. The lowest BCUT2D eigenvalue weighted by Crippen LogP contribution is -2.58. The Bertz CT molecular complexity index is 721. The van der Waals surface area contributed by atoms with Gasteiger partial charge in [0.1, 0.15) is 5.78 Å². The van der Waals surface area contributed by atoms with E-state index in [-0.39, 0.29) is 11.8 Å². The van der Waals surface area contributed by atoms with Crippen LogP contribution in [0.25, 0.3) is 0 Å². The largest absolute Gasteiger partial charge is 0.338 e. The van der Waals surface area contributed by atoms with Crippen molar-refractivity contribution in [1.29, 1.82) is 0 Å². The van der Waals surface area contributed by atoms with Gasteiger partial charge in [0.25, 0.3) is 0 Å². The Morgan fingerprint density at radius 1 is 1.14 bits per heavy atom. The third kappa shape index (κ3) is 4.37. The van der Waals surface area contributed by atoms with Gasteiger partial charge in [-0.25, -0.2) is 4.79 Å². The van der Waals surface area contributed by atoms with Crippen molar-refractivity contribution in [2.24, 2.45) is 0 Å². The highest BCUT2D eigenvalue weighted by Gasteiger charge is 2.41. The van der Waals surface area contributed by atoms with Crippen LogP contribution in [0, 0.1) is 0 Å². The summed E-state index contributed by atoms with van der Waals surface area (Å²) < 4.78 is 0. The van der Waals surface area contributed by atoms with E-state index in [1.165, 1.54) is 30.5 Å². The number of urea groups is 1. The number of aryl methyl sites for hydroxylation is 3. The summed E-state index contributed by atoms with van der Waals surface area (Å²) in [4.78, 5) is 33.1. The van der Waals surface area contributed by atoms with E-state index in [0.717, 1.165) is 50.9 Å². The van der Waals surface area contributed by atoms with Crippen molar-refractivity contribution in [2.45, 2.75) is 70.4 Å². The third-order valence-electron chi connectivity index (χ3n) is 6.45. The summed E-state index contributed by atoms with van der Waals surface area (Å²) >= 11 is 0. The normalized spacial score (nSPS) is 24.1. The number of hydrogen-bond acceptors (Lipinski definition) is 4. The molecule has 2 bridgehead atoms. The molecule has 1 aromatic heterocycles. The lowest BCUT2D eigenvalue weighted by molar-refractivity contribution is -0.119. The van der Waals surface area contributed by atoms with Crippen molar-refractivity contribution in [3.63, 3.8) is 0 Å². The second kappa shape index (κ2) is 8.60. The number of Topliss-reactive ketones (excluding diaryl/α,β-unsaturated/α-hetero) is 1. The maximum absolute atomic E-state index is 12.6. The van der Waals surface area contributed by atoms with Gasteiger partial charge >= 0.3 is 6.03 Å². The van der Waals surface area contributed by atoms with E-state index in [1.54, 1.807) is 6.92 Å². The zero-order valence-electron chi connectivity index (χ0n) is 17.0. The molecule has 2 unspecified atom stereocenters. The van der Waals surface area contributed by atoms with Crippen LogP contribution in [-0.2, 0) is 24.1 Å². The molecule has 4 rings (SSSR count). The molecule has 2 amide bonds. The van der Waals surface area contributed by atoms with E-state index in [9.17, 15) is 9.59 Å². The van der Waals surface area contributed by atoms with Gasteiger partial charge in [0.15, 0.2) is 0 Å². The zero-order valence-corrected chi connectivity index (χ0v) is 17.0. The van der Waals surface area contributed by atoms with Gasteiger partial charge in [-0.1, -0.05) is 6.07 Å². The average Bonchev–Trinajstić information content (AvgIpc) is 2.91. The molecule has 2 aliphatic heterocycles. The van der Waals surface area contributed by atoms with Gasteiger partial charge < -0.3 is 10.2 Å². The first-order valence-corrected chi connectivity index (χ1v) is 10.9. The van der Waals surface area contributed by atoms with Crippen molar-refractivity contribution in [1.82, 2.24) is 20.1 Å². The van der Waals surface area contributed by atoms with Crippen molar-refractivity contribution in [2.75, 3.05) is 26.2 Å². The molecule has 0 spiro atoms. The maximum atomic E-state index is 12.6. The summed E-state index contributed by atoms with van der Waals surface area (Å²) in [6, 6.07) is 5.11. The molecular weight excluding hydrogens is 352 g/mol. The van der Waals surface area contributed by atoms with E-state index >= 15 is 0 Å². The van der Waals surface area contributed by atoms with Crippen molar-refractivity contribution in [3.8, 4) is 0 Å². The monoisotopic (exact) mass is 384 g/mol. The Hall–Kier alpha value is -1.95.